The molecule has 2 heterocycles. The standard InChI is InChI=1S/C23H24N2O3/c1-16(23(27)25-14-6-8-17-7-2-5-11-21(17)25)28-22(26)13-12-18-15-24-20-10-4-3-9-19(18)20/h2-5,7,9-11,15-16,24H,6,8,12-14H2,1H3/t16-/m0/s1. The van der Waals surface area contributed by atoms with E-state index in [2.05, 4.69) is 4.98 Å². The molecule has 0 saturated carbocycles. The number of anilines is 1. The number of amides is 1. The molecule has 0 aliphatic carbocycles. The van der Waals surface area contributed by atoms with Crippen molar-refractivity contribution in [3.05, 3.63) is 65.9 Å². The maximum Gasteiger partial charge on any atom is 0.306 e. The van der Waals surface area contributed by atoms with E-state index in [1.54, 1.807) is 11.8 Å². The molecule has 1 atom stereocenters. The number of nitrogens with one attached hydrogen (secondary N) is 1. The minimum Gasteiger partial charge on any atom is -0.453 e. The largest absolute Gasteiger partial charge is 0.453 e. The molecule has 144 valence electrons. The highest BCUT2D eigenvalue weighted by atomic mass is 16.5. The average Bonchev–Trinajstić information content (AvgIpc) is 3.14. The van der Waals surface area contributed by atoms with Crippen LogP contribution < -0.4 is 4.90 Å². The van der Waals surface area contributed by atoms with Crippen molar-refractivity contribution in [1.82, 2.24) is 4.98 Å². The minimum atomic E-state index is -0.790. The SMILES string of the molecule is C[C@H](OC(=O)CCc1c[nH]c2ccccc12)C(=O)N1CCCc2ccccc21. The summed E-state index contributed by atoms with van der Waals surface area (Å²) in [5.74, 6) is -0.510. The number of fused-ring (bicyclic) bond motifs is 2. The molecule has 1 aliphatic rings. The zero-order valence-electron chi connectivity index (χ0n) is 16.0. The first-order chi connectivity index (χ1) is 13.6. The molecule has 4 rings (SSSR count). The predicted molar refractivity (Wildman–Crippen MR) is 109 cm³/mol. The molecule has 2 aromatic carbocycles. The van der Waals surface area contributed by atoms with Crippen molar-refractivity contribution in [2.75, 3.05) is 11.4 Å². The molecule has 0 bridgehead atoms. The van der Waals surface area contributed by atoms with Crippen LogP contribution in [0, 0.1) is 0 Å². The monoisotopic (exact) mass is 376 g/mol. The van der Waals surface area contributed by atoms with E-state index < -0.39 is 6.10 Å². The zero-order valence-corrected chi connectivity index (χ0v) is 16.0. The Kier molecular flexibility index (Phi) is 5.15. The van der Waals surface area contributed by atoms with E-state index in [1.165, 1.54) is 5.56 Å². The lowest BCUT2D eigenvalue weighted by Crippen LogP contribution is -2.42. The Hall–Kier alpha value is -3.08. The molecule has 1 N–H and O–H groups in total. The van der Waals surface area contributed by atoms with E-state index in [0.29, 0.717) is 13.0 Å². The summed E-state index contributed by atoms with van der Waals surface area (Å²) in [6.07, 6.45) is 3.85. The number of esters is 1. The normalized spacial score (nSPS) is 14.5. The Morgan fingerprint density at radius 2 is 1.93 bits per heavy atom. The van der Waals surface area contributed by atoms with Crippen LogP contribution in [0.5, 0.6) is 0 Å². The molecule has 1 amide bonds. The van der Waals surface area contributed by atoms with Gasteiger partial charge in [0.05, 0.1) is 0 Å². The molecule has 0 spiro atoms. The molecule has 3 aromatic rings. The number of hydrogen-bond donors (Lipinski definition) is 1. The molecule has 5 heteroatoms. The third-order valence-electron chi connectivity index (χ3n) is 5.31. The Morgan fingerprint density at radius 3 is 2.82 bits per heavy atom. The first-order valence-electron chi connectivity index (χ1n) is 9.77. The van der Waals surface area contributed by atoms with Gasteiger partial charge in [-0.05, 0) is 49.4 Å². The molecule has 0 fully saturated rings. The number of benzene rings is 2. The number of ether oxygens (including phenoxy) is 1. The van der Waals surface area contributed by atoms with Crippen LogP contribution in [0.25, 0.3) is 10.9 Å². The van der Waals surface area contributed by atoms with Crippen LogP contribution in [0.4, 0.5) is 5.69 Å². The lowest BCUT2D eigenvalue weighted by Gasteiger charge is -2.31. The smallest absolute Gasteiger partial charge is 0.306 e. The third-order valence-corrected chi connectivity index (χ3v) is 5.31. The number of aromatic nitrogens is 1. The minimum absolute atomic E-state index is 0.160. The first kappa shape index (κ1) is 18.3. The van der Waals surface area contributed by atoms with Crippen LogP contribution in [0.2, 0.25) is 0 Å². The van der Waals surface area contributed by atoms with Gasteiger partial charge in [0.1, 0.15) is 0 Å². The summed E-state index contributed by atoms with van der Waals surface area (Å²) in [5, 5.41) is 1.12. The number of carbonyl (C=O) groups is 2. The lowest BCUT2D eigenvalue weighted by molar-refractivity contribution is -0.153. The van der Waals surface area contributed by atoms with E-state index in [4.69, 9.17) is 4.74 Å². The predicted octanol–water partition coefficient (Wildman–Crippen LogP) is 4.01. The highest BCUT2D eigenvalue weighted by Gasteiger charge is 2.28. The fourth-order valence-electron chi connectivity index (χ4n) is 3.86. The van der Waals surface area contributed by atoms with E-state index >= 15 is 0 Å². The number of para-hydroxylation sites is 2. The van der Waals surface area contributed by atoms with Gasteiger partial charge in [0.25, 0.3) is 5.91 Å². The van der Waals surface area contributed by atoms with Gasteiger partial charge >= 0.3 is 5.97 Å². The second-order valence-corrected chi connectivity index (χ2v) is 7.21. The Labute approximate surface area is 164 Å². The number of aryl methyl sites for hydroxylation is 2. The van der Waals surface area contributed by atoms with Crippen molar-refractivity contribution < 1.29 is 14.3 Å². The number of H-pyrrole nitrogens is 1. The van der Waals surface area contributed by atoms with Crippen molar-refractivity contribution in [3.8, 4) is 0 Å². The summed E-state index contributed by atoms with van der Waals surface area (Å²) in [4.78, 5) is 30.1. The summed E-state index contributed by atoms with van der Waals surface area (Å²) in [5.41, 5.74) is 4.23. The first-order valence-corrected chi connectivity index (χ1v) is 9.77. The Bertz CT molecular complexity index is 1010. The summed E-state index contributed by atoms with van der Waals surface area (Å²) < 4.78 is 5.45. The van der Waals surface area contributed by atoms with E-state index in [-0.39, 0.29) is 18.3 Å². The summed E-state index contributed by atoms with van der Waals surface area (Å²) in [6.45, 7) is 2.32. The molecule has 0 unspecified atom stereocenters. The molecular weight excluding hydrogens is 352 g/mol. The van der Waals surface area contributed by atoms with Gasteiger partial charge in [0.15, 0.2) is 6.10 Å². The Morgan fingerprint density at radius 1 is 1.14 bits per heavy atom. The third kappa shape index (κ3) is 3.65. The number of nitrogens with zero attached hydrogens (tertiary/aromatic N) is 1. The maximum atomic E-state index is 12.8. The Balaban J connectivity index is 1.36. The molecule has 28 heavy (non-hydrogen) atoms. The fourth-order valence-corrected chi connectivity index (χ4v) is 3.86. The molecular formula is C23H24N2O3. The van der Waals surface area contributed by atoms with Crippen molar-refractivity contribution >= 4 is 28.5 Å². The number of aromatic amines is 1. The van der Waals surface area contributed by atoms with Gasteiger partial charge < -0.3 is 14.6 Å². The van der Waals surface area contributed by atoms with Crippen LogP contribution in [0.3, 0.4) is 0 Å². The molecule has 0 saturated heterocycles. The van der Waals surface area contributed by atoms with Crippen LogP contribution in [0.1, 0.15) is 30.9 Å². The number of carbonyl (C=O) groups excluding carboxylic acids is 2. The van der Waals surface area contributed by atoms with Crippen molar-refractivity contribution in [2.45, 2.75) is 38.7 Å². The van der Waals surface area contributed by atoms with Gasteiger partial charge in [-0.25, -0.2) is 0 Å². The van der Waals surface area contributed by atoms with Gasteiger partial charge in [-0.15, -0.1) is 0 Å². The number of rotatable bonds is 5. The van der Waals surface area contributed by atoms with Gasteiger partial charge in [0.2, 0.25) is 0 Å². The van der Waals surface area contributed by atoms with E-state index in [0.717, 1.165) is 35.0 Å². The van der Waals surface area contributed by atoms with Crippen LogP contribution in [-0.2, 0) is 27.2 Å². The quantitative estimate of drug-likeness (QED) is 0.685. The van der Waals surface area contributed by atoms with Gasteiger partial charge in [0, 0.05) is 35.8 Å². The second-order valence-electron chi connectivity index (χ2n) is 7.21. The topological polar surface area (TPSA) is 62.4 Å². The lowest BCUT2D eigenvalue weighted by atomic mass is 10.0. The molecule has 1 aliphatic heterocycles. The van der Waals surface area contributed by atoms with E-state index in [9.17, 15) is 9.59 Å². The van der Waals surface area contributed by atoms with Crippen LogP contribution >= 0.6 is 0 Å². The highest BCUT2D eigenvalue weighted by molar-refractivity contribution is 5.98. The molecule has 0 radical (unpaired) electrons. The summed E-state index contributed by atoms with van der Waals surface area (Å²) in [6, 6.07) is 15.9. The van der Waals surface area contributed by atoms with E-state index in [1.807, 2.05) is 54.7 Å². The van der Waals surface area contributed by atoms with Gasteiger partial charge in [-0.3, -0.25) is 9.59 Å². The van der Waals surface area contributed by atoms with Crippen molar-refractivity contribution in [3.63, 3.8) is 0 Å². The second kappa shape index (κ2) is 7.89. The van der Waals surface area contributed by atoms with Crippen molar-refractivity contribution in [1.29, 1.82) is 0 Å². The average molecular weight is 376 g/mol. The fraction of sp³-hybridized carbons (Fsp3) is 0.304. The van der Waals surface area contributed by atoms with Crippen LogP contribution in [-0.4, -0.2) is 29.5 Å². The van der Waals surface area contributed by atoms with Crippen LogP contribution in [0.15, 0.2) is 54.7 Å². The van der Waals surface area contributed by atoms with Gasteiger partial charge in [-0.2, -0.15) is 0 Å². The zero-order chi connectivity index (χ0) is 19.5. The molecule has 1 aromatic heterocycles. The maximum absolute atomic E-state index is 12.8. The summed E-state index contributed by atoms with van der Waals surface area (Å²) in [7, 11) is 0. The van der Waals surface area contributed by atoms with Crippen molar-refractivity contribution in [2.24, 2.45) is 0 Å². The summed E-state index contributed by atoms with van der Waals surface area (Å²) >= 11 is 0. The highest BCUT2D eigenvalue weighted by Crippen LogP contribution is 2.27. The van der Waals surface area contributed by atoms with Gasteiger partial charge in [-0.1, -0.05) is 36.4 Å². The molecule has 5 nitrogen and oxygen atoms in total. The number of hydrogen-bond acceptors (Lipinski definition) is 3.